The van der Waals surface area contributed by atoms with Gasteiger partial charge in [0.15, 0.2) is 0 Å². The summed E-state index contributed by atoms with van der Waals surface area (Å²) in [5.41, 5.74) is 0.283. The Morgan fingerprint density at radius 1 is 1.28 bits per heavy atom. The number of anilines is 1. The molecule has 2 fully saturated rings. The second-order valence-electron chi connectivity index (χ2n) is 5.78. The number of hydrogen-bond donors (Lipinski definition) is 1. The SMILES string of the molecule is ClCC1(CNc2nc(C3CC3)ns2)CCCCC1. The molecule has 100 valence electrons. The molecule has 2 saturated carbocycles. The Labute approximate surface area is 118 Å². The molecule has 1 aromatic rings. The summed E-state index contributed by atoms with van der Waals surface area (Å²) in [6, 6.07) is 0. The van der Waals surface area contributed by atoms with Gasteiger partial charge in [0.1, 0.15) is 5.82 Å². The second kappa shape index (κ2) is 5.33. The summed E-state index contributed by atoms with van der Waals surface area (Å²) < 4.78 is 4.43. The Bertz CT molecular complexity index is 397. The van der Waals surface area contributed by atoms with Gasteiger partial charge in [0, 0.05) is 35.3 Å². The molecule has 0 unspecified atom stereocenters. The fourth-order valence-electron chi connectivity index (χ4n) is 2.74. The van der Waals surface area contributed by atoms with Crippen LogP contribution < -0.4 is 5.32 Å². The van der Waals surface area contributed by atoms with E-state index in [1.54, 1.807) is 0 Å². The highest BCUT2D eigenvalue weighted by molar-refractivity contribution is 7.09. The number of nitrogens with zero attached hydrogens (tertiary/aromatic N) is 2. The largest absolute Gasteiger partial charge is 0.360 e. The molecule has 0 aliphatic heterocycles. The van der Waals surface area contributed by atoms with Crippen LogP contribution >= 0.6 is 23.1 Å². The average Bonchev–Trinajstić information content (AvgIpc) is 3.17. The summed E-state index contributed by atoms with van der Waals surface area (Å²) in [7, 11) is 0. The van der Waals surface area contributed by atoms with Gasteiger partial charge in [0.2, 0.25) is 5.13 Å². The highest BCUT2D eigenvalue weighted by Gasteiger charge is 2.32. The maximum absolute atomic E-state index is 6.20. The first-order valence-electron chi connectivity index (χ1n) is 6.95. The van der Waals surface area contributed by atoms with Gasteiger partial charge in [0.05, 0.1) is 0 Å². The zero-order valence-electron chi connectivity index (χ0n) is 10.6. The number of halogens is 1. The maximum atomic E-state index is 6.20. The van der Waals surface area contributed by atoms with Crippen LogP contribution in [0.15, 0.2) is 0 Å². The lowest BCUT2D eigenvalue weighted by molar-refractivity contribution is 0.238. The average molecular weight is 286 g/mol. The van der Waals surface area contributed by atoms with Gasteiger partial charge in [-0.15, -0.1) is 11.6 Å². The molecule has 1 N–H and O–H groups in total. The molecule has 3 nitrogen and oxygen atoms in total. The van der Waals surface area contributed by atoms with Crippen LogP contribution in [0.1, 0.15) is 56.7 Å². The Morgan fingerprint density at radius 2 is 2.06 bits per heavy atom. The van der Waals surface area contributed by atoms with Crippen molar-refractivity contribution in [3.8, 4) is 0 Å². The van der Waals surface area contributed by atoms with Crippen molar-refractivity contribution in [2.75, 3.05) is 17.7 Å². The van der Waals surface area contributed by atoms with Crippen LogP contribution in [0.4, 0.5) is 5.13 Å². The minimum atomic E-state index is 0.283. The zero-order valence-corrected chi connectivity index (χ0v) is 12.2. The van der Waals surface area contributed by atoms with Crippen molar-refractivity contribution in [1.82, 2.24) is 9.36 Å². The van der Waals surface area contributed by atoms with Crippen LogP contribution in [0.3, 0.4) is 0 Å². The highest BCUT2D eigenvalue weighted by Crippen LogP contribution is 2.40. The van der Waals surface area contributed by atoms with E-state index in [0.29, 0.717) is 5.92 Å². The van der Waals surface area contributed by atoms with E-state index in [2.05, 4.69) is 14.7 Å². The molecule has 2 aliphatic carbocycles. The predicted octanol–water partition coefficient (Wildman–Crippen LogP) is 4.02. The third-order valence-corrected chi connectivity index (χ3v) is 5.45. The third-order valence-electron chi connectivity index (χ3n) is 4.20. The van der Waals surface area contributed by atoms with Gasteiger partial charge in [-0.05, 0) is 25.7 Å². The Balaban J connectivity index is 1.57. The van der Waals surface area contributed by atoms with Crippen LogP contribution in [0.2, 0.25) is 0 Å². The first kappa shape index (κ1) is 12.7. The van der Waals surface area contributed by atoms with Crippen LogP contribution in [-0.2, 0) is 0 Å². The van der Waals surface area contributed by atoms with Gasteiger partial charge in [-0.2, -0.15) is 4.37 Å². The van der Waals surface area contributed by atoms with E-state index < -0.39 is 0 Å². The number of nitrogens with one attached hydrogen (secondary N) is 1. The van der Waals surface area contributed by atoms with Crippen molar-refractivity contribution in [2.24, 2.45) is 5.41 Å². The van der Waals surface area contributed by atoms with E-state index >= 15 is 0 Å². The molecular formula is C13H20ClN3S. The Hall–Kier alpha value is -0.350. The van der Waals surface area contributed by atoms with Gasteiger partial charge in [0.25, 0.3) is 0 Å². The maximum Gasteiger partial charge on any atom is 0.202 e. The molecular weight excluding hydrogens is 266 g/mol. The number of alkyl halides is 1. The second-order valence-corrected chi connectivity index (χ2v) is 6.80. The lowest BCUT2D eigenvalue weighted by Crippen LogP contribution is -2.33. The van der Waals surface area contributed by atoms with Crippen molar-refractivity contribution in [3.63, 3.8) is 0 Å². The minimum absolute atomic E-state index is 0.283. The molecule has 18 heavy (non-hydrogen) atoms. The van der Waals surface area contributed by atoms with Crippen LogP contribution in [0.5, 0.6) is 0 Å². The minimum Gasteiger partial charge on any atom is -0.360 e. The standard InChI is InChI=1S/C13H20ClN3S/c14-8-13(6-2-1-3-7-13)9-15-12-16-11(17-18-12)10-4-5-10/h10H,1-9H2,(H,15,16,17). The summed E-state index contributed by atoms with van der Waals surface area (Å²) in [5, 5.41) is 4.45. The van der Waals surface area contributed by atoms with Gasteiger partial charge in [-0.1, -0.05) is 19.3 Å². The summed E-state index contributed by atoms with van der Waals surface area (Å²) in [6.45, 7) is 0.954. The molecule has 1 heterocycles. The molecule has 5 heteroatoms. The lowest BCUT2D eigenvalue weighted by Gasteiger charge is -2.35. The van der Waals surface area contributed by atoms with E-state index in [-0.39, 0.29) is 5.41 Å². The van der Waals surface area contributed by atoms with Gasteiger partial charge >= 0.3 is 0 Å². The lowest BCUT2D eigenvalue weighted by atomic mass is 9.75. The van der Waals surface area contributed by atoms with Crippen LogP contribution in [0, 0.1) is 5.41 Å². The molecule has 1 aromatic heterocycles. The van der Waals surface area contributed by atoms with Gasteiger partial charge in [-0.3, -0.25) is 0 Å². The first-order chi connectivity index (χ1) is 8.81. The quantitative estimate of drug-likeness (QED) is 0.831. The van der Waals surface area contributed by atoms with E-state index in [4.69, 9.17) is 11.6 Å². The smallest absolute Gasteiger partial charge is 0.202 e. The number of aromatic nitrogens is 2. The van der Waals surface area contributed by atoms with E-state index in [0.717, 1.165) is 23.4 Å². The van der Waals surface area contributed by atoms with E-state index in [9.17, 15) is 0 Å². The fraction of sp³-hybridized carbons (Fsp3) is 0.846. The Kier molecular flexibility index (Phi) is 3.76. The van der Waals surface area contributed by atoms with Crippen molar-refractivity contribution in [3.05, 3.63) is 5.82 Å². The van der Waals surface area contributed by atoms with Crippen molar-refractivity contribution in [2.45, 2.75) is 50.9 Å². The first-order valence-corrected chi connectivity index (χ1v) is 8.26. The Morgan fingerprint density at radius 3 is 2.72 bits per heavy atom. The summed E-state index contributed by atoms with van der Waals surface area (Å²) in [6.07, 6.45) is 9.03. The van der Waals surface area contributed by atoms with E-state index in [1.807, 2.05) is 0 Å². The number of hydrogen-bond acceptors (Lipinski definition) is 4. The molecule has 0 atom stereocenters. The third kappa shape index (κ3) is 2.80. The highest BCUT2D eigenvalue weighted by atomic mass is 35.5. The molecule has 2 aliphatic rings. The fourth-order valence-corrected chi connectivity index (χ4v) is 3.74. The molecule has 0 saturated heterocycles. The zero-order chi connectivity index (χ0) is 12.4. The van der Waals surface area contributed by atoms with Crippen molar-refractivity contribution < 1.29 is 0 Å². The van der Waals surface area contributed by atoms with Gasteiger partial charge in [-0.25, -0.2) is 4.98 Å². The predicted molar refractivity (Wildman–Crippen MR) is 76.6 cm³/mol. The van der Waals surface area contributed by atoms with Crippen LogP contribution in [0.25, 0.3) is 0 Å². The molecule has 0 spiro atoms. The summed E-state index contributed by atoms with van der Waals surface area (Å²) in [5.74, 6) is 2.45. The normalized spacial score (nSPS) is 22.9. The molecule has 0 amide bonds. The van der Waals surface area contributed by atoms with Gasteiger partial charge < -0.3 is 5.32 Å². The number of rotatable bonds is 5. The van der Waals surface area contributed by atoms with Crippen molar-refractivity contribution in [1.29, 1.82) is 0 Å². The molecule has 3 rings (SSSR count). The monoisotopic (exact) mass is 285 g/mol. The van der Waals surface area contributed by atoms with Crippen molar-refractivity contribution >= 4 is 28.3 Å². The summed E-state index contributed by atoms with van der Waals surface area (Å²) >= 11 is 7.70. The van der Waals surface area contributed by atoms with E-state index in [1.165, 1.54) is 56.5 Å². The topological polar surface area (TPSA) is 37.8 Å². The summed E-state index contributed by atoms with van der Waals surface area (Å²) in [4.78, 5) is 4.58. The molecule has 0 bridgehead atoms. The molecule has 0 radical (unpaired) electrons. The molecule has 0 aromatic carbocycles. The van der Waals surface area contributed by atoms with Crippen LogP contribution in [-0.4, -0.2) is 21.8 Å².